The second-order valence-corrected chi connectivity index (χ2v) is 8.06. The molecule has 1 N–H and O–H groups in total. The van der Waals surface area contributed by atoms with E-state index in [1.807, 2.05) is 17.5 Å². The first kappa shape index (κ1) is 22.2. The Bertz CT molecular complexity index is 1240. The van der Waals surface area contributed by atoms with Crippen molar-refractivity contribution in [2.45, 2.75) is 12.6 Å². The summed E-state index contributed by atoms with van der Waals surface area (Å²) in [6.45, 7) is 0.0446. The minimum Gasteiger partial charge on any atom is -0.324 e. The molecule has 0 fully saturated rings. The van der Waals surface area contributed by atoms with Gasteiger partial charge in [0.2, 0.25) is 0 Å². The lowest BCUT2D eigenvalue weighted by molar-refractivity contribution is -0.121. The van der Waals surface area contributed by atoms with Crippen LogP contribution in [0, 0.1) is 11.6 Å². The van der Waals surface area contributed by atoms with Crippen molar-refractivity contribution in [2.24, 2.45) is 0 Å². The number of anilines is 1. The van der Waals surface area contributed by atoms with Crippen LogP contribution in [0.25, 0.3) is 0 Å². The van der Waals surface area contributed by atoms with Gasteiger partial charge in [-0.15, -0.1) is 11.3 Å². The minimum absolute atomic E-state index is 0.0185. The Morgan fingerprint density at radius 1 is 1.00 bits per heavy atom. The first-order chi connectivity index (χ1) is 16.0. The van der Waals surface area contributed by atoms with Gasteiger partial charge in [0.15, 0.2) is 0 Å². The molecule has 1 atom stereocenters. The lowest BCUT2D eigenvalue weighted by Gasteiger charge is -2.31. The SMILES string of the molecule is O=C(Nc1ccc(F)cc1)[C@H](c1ccccc1F)N(Cc1cccs1)C(=O)c1cnccn1. The molecule has 0 radical (unpaired) electrons. The molecule has 0 aliphatic carbocycles. The van der Waals surface area contributed by atoms with Crippen LogP contribution in [0.2, 0.25) is 0 Å². The van der Waals surface area contributed by atoms with Crippen LogP contribution in [-0.2, 0) is 11.3 Å². The largest absolute Gasteiger partial charge is 0.324 e. The average Bonchev–Trinajstić information content (AvgIpc) is 3.35. The van der Waals surface area contributed by atoms with Crippen LogP contribution in [0.1, 0.15) is 27.0 Å². The number of nitrogens with zero attached hydrogens (tertiary/aromatic N) is 3. The molecule has 4 rings (SSSR count). The molecule has 2 heterocycles. The summed E-state index contributed by atoms with van der Waals surface area (Å²) >= 11 is 1.40. The van der Waals surface area contributed by atoms with Crippen molar-refractivity contribution < 1.29 is 18.4 Å². The highest BCUT2D eigenvalue weighted by Crippen LogP contribution is 2.29. The molecule has 0 saturated carbocycles. The van der Waals surface area contributed by atoms with Crippen molar-refractivity contribution >= 4 is 28.8 Å². The van der Waals surface area contributed by atoms with Crippen LogP contribution in [0.4, 0.5) is 14.5 Å². The number of aromatic nitrogens is 2. The van der Waals surface area contributed by atoms with Gasteiger partial charge in [-0.25, -0.2) is 13.8 Å². The van der Waals surface area contributed by atoms with Crippen molar-refractivity contribution in [3.05, 3.63) is 112 Å². The van der Waals surface area contributed by atoms with Gasteiger partial charge in [-0.05, 0) is 41.8 Å². The fourth-order valence-corrected chi connectivity index (χ4v) is 4.00. The number of thiophene rings is 1. The average molecular weight is 464 g/mol. The van der Waals surface area contributed by atoms with Gasteiger partial charge in [-0.3, -0.25) is 14.6 Å². The standard InChI is InChI=1S/C24H18F2N4O2S/c25-16-7-9-17(10-8-16)29-23(31)22(19-5-1-2-6-20(19)26)30(15-18-4-3-13-33-18)24(32)21-14-27-11-12-28-21/h1-14,22H,15H2,(H,29,31)/t22-/m0/s1. The van der Waals surface area contributed by atoms with Gasteiger partial charge in [-0.2, -0.15) is 0 Å². The number of carbonyl (C=O) groups excluding carboxylic acids is 2. The topological polar surface area (TPSA) is 75.2 Å². The lowest BCUT2D eigenvalue weighted by atomic mass is 10.0. The maximum Gasteiger partial charge on any atom is 0.275 e. The van der Waals surface area contributed by atoms with Crippen LogP contribution in [0.15, 0.2) is 84.6 Å². The summed E-state index contributed by atoms with van der Waals surface area (Å²) in [7, 11) is 0. The number of carbonyl (C=O) groups is 2. The van der Waals surface area contributed by atoms with Crippen molar-refractivity contribution in [3.8, 4) is 0 Å². The van der Waals surface area contributed by atoms with E-state index in [0.29, 0.717) is 5.69 Å². The van der Waals surface area contributed by atoms with Gasteiger partial charge in [-0.1, -0.05) is 24.3 Å². The Balaban J connectivity index is 1.78. The lowest BCUT2D eigenvalue weighted by Crippen LogP contribution is -2.41. The highest BCUT2D eigenvalue weighted by molar-refractivity contribution is 7.09. The Hall–Kier alpha value is -3.98. The third-order valence-corrected chi connectivity index (χ3v) is 5.68. The maximum atomic E-state index is 14.9. The van der Waals surface area contributed by atoms with Gasteiger partial charge in [0, 0.05) is 28.5 Å². The molecular formula is C24H18F2N4O2S. The van der Waals surface area contributed by atoms with Crippen LogP contribution in [-0.4, -0.2) is 26.7 Å². The van der Waals surface area contributed by atoms with Gasteiger partial charge in [0.05, 0.1) is 12.7 Å². The number of rotatable bonds is 7. The van der Waals surface area contributed by atoms with E-state index in [4.69, 9.17) is 0 Å². The Kier molecular flexibility index (Phi) is 6.80. The predicted molar refractivity (Wildman–Crippen MR) is 120 cm³/mol. The molecule has 2 amide bonds. The number of benzene rings is 2. The zero-order chi connectivity index (χ0) is 23.2. The van der Waals surface area contributed by atoms with E-state index in [0.717, 1.165) is 4.88 Å². The molecule has 0 unspecified atom stereocenters. The monoisotopic (exact) mass is 464 g/mol. The summed E-state index contributed by atoms with van der Waals surface area (Å²) in [6.07, 6.45) is 4.09. The molecule has 4 aromatic rings. The number of amides is 2. The van der Waals surface area contributed by atoms with Crippen LogP contribution in [0.3, 0.4) is 0 Å². The summed E-state index contributed by atoms with van der Waals surface area (Å²) in [5.74, 6) is -2.34. The molecule has 2 aromatic heterocycles. The zero-order valence-corrected chi connectivity index (χ0v) is 18.0. The Labute approximate surface area is 192 Å². The number of halogens is 2. The smallest absolute Gasteiger partial charge is 0.275 e. The van der Waals surface area contributed by atoms with Gasteiger partial charge in [0.1, 0.15) is 23.4 Å². The zero-order valence-electron chi connectivity index (χ0n) is 17.2. The van der Waals surface area contributed by atoms with E-state index in [1.54, 1.807) is 6.07 Å². The predicted octanol–water partition coefficient (Wildman–Crippen LogP) is 4.84. The van der Waals surface area contributed by atoms with E-state index >= 15 is 0 Å². The van der Waals surface area contributed by atoms with Crippen LogP contribution < -0.4 is 5.32 Å². The molecule has 33 heavy (non-hydrogen) atoms. The quantitative estimate of drug-likeness (QED) is 0.425. The maximum absolute atomic E-state index is 14.9. The summed E-state index contributed by atoms with van der Waals surface area (Å²) < 4.78 is 28.2. The van der Waals surface area contributed by atoms with E-state index in [1.165, 1.54) is 77.3 Å². The third kappa shape index (κ3) is 5.27. The van der Waals surface area contributed by atoms with Gasteiger partial charge < -0.3 is 10.2 Å². The van der Waals surface area contributed by atoms with Gasteiger partial charge >= 0.3 is 0 Å². The molecular weight excluding hydrogens is 446 g/mol. The van der Waals surface area contributed by atoms with E-state index < -0.39 is 29.5 Å². The molecule has 2 aromatic carbocycles. The van der Waals surface area contributed by atoms with Crippen molar-refractivity contribution in [1.82, 2.24) is 14.9 Å². The molecule has 6 nitrogen and oxygen atoms in total. The Morgan fingerprint density at radius 3 is 2.45 bits per heavy atom. The fourth-order valence-electron chi connectivity index (χ4n) is 3.30. The normalized spacial score (nSPS) is 11.6. The fraction of sp³-hybridized carbons (Fsp3) is 0.0833. The first-order valence-electron chi connectivity index (χ1n) is 9.93. The van der Waals surface area contributed by atoms with E-state index in [-0.39, 0.29) is 17.8 Å². The third-order valence-electron chi connectivity index (χ3n) is 4.82. The second-order valence-electron chi connectivity index (χ2n) is 7.02. The molecule has 9 heteroatoms. The summed E-state index contributed by atoms with van der Waals surface area (Å²) in [4.78, 5) is 37.0. The van der Waals surface area contributed by atoms with Crippen LogP contribution >= 0.6 is 11.3 Å². The molecule has 0 aliphatic rings. The number of hydrogen-bond acceptors (Lipinski definition) is 5. The van der Waals surface area contributed by atoms with Crippen LogP contribution in [0.5, 0.6) is 0 Å². The summed E-state index contributed by atoms with van der Waals surface area (Å²) in [5, 5.41) is 4.51. The highest BCUT2D eigenvalue weighted by atomic mass is 32.1. The van der Waals surface area contributed by atoms with Crippen molar-refractivity contribution in [2.75, 3.05) is 5.32 Å². The molecule has 166 valence electrons. The number of hydrogen-bond donors (Lipinski definition) is 1. The van der Waals surface area contributed by atoms with Crippen molar-refractivity contribution in [1.29, 1.82) is 0 Å². The minimum atomic E-state index is -1.33. The molecule has 0 spiro atoms. The molecule has 0 bridgehead atoms. The summed E-state index contributed by atoms with van der Waals surface area (Å²) in [5.41, 5.74) is 0.349. The van der Waals surface area contributed by atoms with Gasteiger partial charge in [0.25, 0.3) is 11.8 Å². The summed E-state index contributed by atoms with van der Waals surface area (Å²) in [6, 6.07) is 13.3. The Morgan fingerprint density at radius 2 is 1.79 bits per heavy atom. The van der Waals surface area contributed by atoms with E-state index in [9.17, 15) is 18.4 Å². The number of nitrogens with one attached hydrogen (secondary N) is 1. The van der Waals surface area contributed by atoms with Crippen molar-refractivity contribution in [3.63, 3.8) is 0 Å². The highest BCUT2D eigenvalue weighted by Gasteiger charge is 2.35. The van der Waals surface area contributed by atoms with E-state index in [2.05, 4.69) is 15.3 Å². The molecule has 0 saturated heterocycles. The second kappa shape index (κ2) is 10.1. The molecule has 0 aliphatic heterocycles. The first-order valence-corrected chi connectivity index (χ1v) is 10.8.